The summed E-state index contributed by atoms with van der Waals surface area (Å²) in [5.41, 5.74) is 0. The van der Waals surface area contributed by atoms with Crippen LogP contribution in [0.4, 0.5) is 0 Å². The van der Waals surface area contributed by atoms with Gasteiger partial charge in [0.1, 0.15) is 5.75 Å². The van der Waals surface area contributed by atoms with Crippen molar-refractivity contribution in [3.8, 4) is 5.75 Å². The van der Waals surface area contributed by atoms with Crippen LogP contribution in [0.1, 0.15) is 19.3 Å². The van der Waals surface area contributed by atoms with Crippen LogP contribution in [0.15, 0.2) is 28.7 Å². The van der Waals surface area contributed by atoms with Crippen molar-refractivity contribution in [1.82, 2.24) is 4.90 Å². The lowest BCUT2D eigenvalue weighted by Gasteiger charge is -2.30. The lowest BCUT2D eigenvalue weighted by molar-refractivity contribution is -0.134. The van der Waals surface area contributed by atoms with E-state index in [0.29, 0.717) is 19.6 Å². The summed E-state index contributed by atoms with van der Waals surface area (Å²) in [7, 11) is 0. The second kappa shape index (κ2) is 6.91. The van der Waals surface area contributed by atoms with Crippen molar-refractivity contribution in [1.29, 1.82) is 0 Å². The molecule has 0 spiro atoms. The fourth-order valence-corrected chi connectivity index (χ4v) is 2.39. The summed E-state index contributed by atoms with van der Waals surface area (Å²) in [5, 5.41) is 9.53. The fourth-order valence-electron chi connectivity index (χ4n) is 2.13. The van der Waals surface area contributed by atoms with Crippen molar-refractivity contribution in [2.24, 2.45) is 0 Å². The van der Waals surface area contributed by atoms with Crippen molar-refractivity contribution in [3.63, 3.8) is 0 Å². The summed E-state index contributed by atoms with van der Waals surface area (Å²) < 4.78 is 6.52. The van der Waals surface area contributed by atoms with Crippen LogP contribution in [0.3, 0.4) is 0 Å². The molecule has 1 heterocycles. The van der Waals surface area contributed by atoms with E-state index in [1.807, 2.05) is 24.3 Å². The predicted molar refractivity (Wildman–Crippen MR) is 76.1 cm³/mol. The Morgan fingerprint density at radius 1 is 1.42 bits per heavy atom. The molecule has 4 nitrogen and oxygen atoms in total. The molecule has 1 fully saturated rings. The molecule has 5 heteroatoms. The van der Waals surface area contributed by atoms with Crippen LogP contribution >= 0.6 is 15.9 Å². The topological polar surface area (TPSA) is 49.8 Å². The van der Waals surface area contributed by atoms with Gasteiger partial charge in [0.15, 0.2) is 0 Å². The maximum atomic E-state index is 11.9. The van der Waals surface area contributed by atoms with Gasteiger partial charge in [-0.1, -0.05) is 15.9 Å². The number of rotatable bonds is 4. The number of likely N-dealkylation sites (tertiary alicyclic amines) is 1. The molecule has 0 saturated carbocycles. The van der Waals surface area contributed by atoms with Gasteiger partial charge in [0.05, 0.1) is 19.1 Å². The number of β-amino-alcohol motifs (C(OH)–C–C–N with tert-alkyl or cyclic N) is 1. The van der Waals surface area contributed by atoms with Crippen molar-refractivity contribution < 1.29 is 14.6 Å². The van der Waals surface area contributed by atoms with Gasteiger partial charge in [-0.2, -0.15) is 0 Å². The molecule has 0 radical (unpaired) electrons. The van der Waals surface area contributed by atoms with Crippen molar-refractivity contribution >= 4 is 21.8 Å². The molecule has 1 aromatic rings. The maximum Gasteiger partial charge on any atom is 0.226 e. The van der Waals surface area contributed by atoms with Gasteiger partial charge < -0.3 is 14.7 Å². The third-order valence-electron chi connectivity index (χ3n) is 3.15. The minimum atomic E-state index is -0.370. The molecule has 1 aliphatic rings. The monoisotopic (exact) mass is 327 g/mol. The standard InChI is InChI=1S/C14H18BrNO3/c15-11-3-5-13(6-4-11)19-9-7-14(18)16-8-1-2-12(17)10-16/h3-6,12,17H,1-2,7-10H2/t12-/m0/s1. The van der Waals surface area contributed by atoms with Crippen molar-refractivity contribution in [3.05, 3.63) is 28.7 Å². The molecule has 1 aromatic carbocycles. The normalized spacial score (nSPS) is 19.3. The first-order valence-corrected chi connectivity index (χ1v) is 7.28. The number of carbonyl (C=O) groups excluding carboxylic acids is 1. The third kappa shape index (κ3) is 4.51. The smallest absolute Gasteiger partial charge is 0.226 e. The number of hydrogen-bond donors (Lipinski definition) is 1. The zero-order valence-electron chi connectivity index (χ0n) is 10.7. The summed E-state index contributed by atoms with van der Waals surface area (Å²) in [6.45, 7) is 1.57. The Balaban J connectivity index is 1.73. The number of piperidine rings is 1. The van der Waals surface area contributed by atoms with Crippen LogP contribution in [0.5, 0.6) is 5.75 Å². The van der Waals surface area contributed by atoms with Gasteiger partial charge in [0.2, 0.25) is 5.91 Å². The number of benzene rings is 1. The average molecular weight is 328 g/mol. The number of amides is 1. The molecular formula is C14H18BrNO3. The molecule has 1 atom stereocenters. The van der Waals surface area contributed by atoms with Gasteiger partial charge in [-0.15, -0.1) is 0 Å². The highest BCUT2D eigenvalue weighted by molar-refractivity contribution is 9.10. The Hall–Kier alpha value is -1.07. The summed E-state index contributed by atoms with van der Waals surface area (Å²) in [4.78, 5) is 13.6. The van der Waals surface area contributed by atoms with E-state index in [1.54, 1.807) is 4.90 Å². The van der Waals surface area contributed by atoms with E-state index < -0.39 is 0 Å². The molecule has 1 amide bonds. The second-order valence-electron chi connectivity index (χ2n) is 4.69. The highest BCUT2D eigenvalue weighted by Gasteiger charge is 2.21. The first-order chi connectivity index (χ1) is 9.15. The van der Waals surface area contributed by atoms with E-state index in [1.165, 1.54) is 0 Å². The van der Waals surface area contributed by atoms with Gasteiger partial charge in [-0.3, -0.25) is 4.79 Å². The highest BCUT2D eigenvalue weighted by atomic mass is 79.9. The Morgan fingerprint density at radius 2 is 2.16 bits per heavy atom. The number of hydrogen-bond acceptors (Lipinski definition) is 3. The van der Waals surface area contributed by atoms with Crippen molar-refractivity contribution in [2.75, 3.05) is 19.7 Å². The summed E-state index contributed by atoms with van der Waals surface area (Å²) in [5.74, 6) is 0.811. The van der Waals surface area contributed by atoms with Crippen LogP contribution in [0.25, 0.3) is 0 Å². The minimum Gasteiger partial charge on any atom is -0.493 e. The Bertz CT molecular complexity index is 421. The summed E-state index contributed by atoms with van der Waals surface area (Å²) >= 11 is 3.35. The van der Waals surface area contributed by atoms with Gasteiger partial charge in [0.25, 0.3) is 0 Å². The van der Waals surface area contributed by atoms with Crippen molar-refractivity contribution in [2.45, 2.75) is 25.4 Å². The largest absolute Gasteiger partial charge is 0.493 e. The first-order valence-electron chi connectivity index (χ1n) is 6.49. The quantitative estimate of drug-likeness (QED) is 0.922. The van der Waals surface area contributed by atoms with E-state index in [4.69, 9.17) is 4.74 Å². The van der Waals surface area contributed by atoms with Gasteiger partial charge >= 0.3 is 0 Å². The Morgan fingerprint density at radius 3 is 2.84 bits per heavy atom. The molecule has 1 saturated heterocycles. The summed E-state index contributed by atoms with van der Waals surface area (Å²) in [6.07, 6.45) is 1.65. The number of halogens is 1. The molecule has 0 unspecified atom stereocenters. The lowest BCUT2D eigenvalue weighted by atomic mass is 10.1. The average Bonchev–Trinajstić information content (AvgIpc) is 2.41. The summed E-state index contributed by atoms with van der Waals surface area (Å²) in [6, 6.07) is 7.52. The molecular weight excluding hydrogens is 310 g/mol. The highest BCUT2D eigenvalue weighted by Crippen LogP contribution is 2.16. The van der Waals surface area contributed by atoms with Gasteiger partial charge in [-0.05, 0) is 37.1 Å². The van der Waals surface area contributed by atoms with Crippen LogP contribution in [-0.2, 0) is 4.79 Å². The van der Waals surface area contributed by atoms with Gasteiger partial charge in [0, 0.05) is 17.6 Å². The second-order valence-corrected chi connectivity index (χ2v) is 5.60. The lowest BCUT2D eigenvalue weighted by Crippen LogP contribution is -2.42. The molecule has 2 rings (SSSR count). The van der Waals surface area contributed by atoms with Crippen LogP contribution in [0.2, 0.25) is 0 Å². The van der Waals surface area contributed by atoms with E-state index in [9.17, 15) is 9.90 Å². The number of aliphatic hydroxyl groups is 1. The van der Waals surface area contributed by atoms with Crippen LogP contribution < -0.4 is 4.74 Å². The predicted octanol–water partition coefficient (Wildman–Crippen LogP) is 2.20. The fraction of sp³-hybridized carbons (Fsp3) is 0.500. The van der Waals surface area contributed by atoms with E-state index >= 15 is 0 Å². The Labute approximate surface area is 121 Å². The maximum absolute atomic E-state index is 11.9. The molecule has 1 aliphatic heterocycles. The van der Waals surface area contributed by atoms with E-state index in [2.05, 4.69) is 15.9 Å². The molecule has 0 aromatic heterocycles. The molecule has 104 valence electrons. The zero-order chi connectivity index (χ0) is 13.7. The minimum absolute atomic E-state index is 0.0517. The molecule has 19 heavy (non-hydrogen) atoms. The zero-order valence-corrected chi connectivity index (χ0v) is 12.3. The third-order valence-corrected chi connectivity index (χ3v) is 3.68. The Kier molecular flexibility index (Phi) is 5.22. The number of ether oxygens (including phenoxy) is 1. The molecule has 0 bridgehead atoms. The van der Waals surface area contributed by atoms with E-state index in [-0.39, 0.29) is 12.0 Å². The molecule has 0 aliphatic carbocycles. The number of nitrogens with zero attached hydrogens (tertiary/aromatic N) is 1. The first kappa shape index (κ1) is 14.3. The van der Waals surface area contributed by atoms with Crippen LogP contribution in [0, 0.1) is 0 Å². The number of aliphatic hydroxyl groups excluding tert-OH is 1. The molecule has 1 N–H and O–H groups in total. The SMILES string of the molecule is O=C(CCOc1ccc(Br)cc1)N1CCC[C@H](O)C1. The number of carbonyl (C=O) groups is 1. The van der Waals surface area contributed by atoms with Gasteiger partial charge in [-0.25, -0.2) is 0 Å². The van der Waals surface area contributed by atoms with Crippen LogP contribution in [-0.4, -0.2) is 41.7 Å². The van der Waals surface area contributed by atoms with E-state index in [0.717, 1.165) is 29.6 Å².